The molecule has 13 nitrogen and oxygen atoms in total. The van der Waals surface area contributed by atoms with Crippen LogP contribution in [0, 0.1) is 0 Å². The Labute approximate surface area is 404 Å². The van der Waals surface area contributed by atoms with Gasteiger partial charge in [-0.1, -0.05) is 69.6 Å². The summed E-state index contributed by atoms with van der Waals surface area (Å²) in [6, 6.07) is -1.95. The highest BCUT2D eigenvalue weighted by atomic mass is 35.5. The summed E-state index contributed by atoms with van der Waals surface area (Å²) in [4.78, 5) is 37.1. The molecule has 4 unspecified atom stereocenters. The van der Waals surface area contributed by atoms with Gasteiger partial charge in [0.05, 0.1) is 0 Å². The van der Waals surface area contributed by atoms with Crippen molar-refractivity contribution in [2.45, 2.75) is 120 Å². The van der Waals surface area contributed by atoms with Crippen molar-refractivity contribution in [3.05, 3.63) is 0 Å². The van der Waals surface area contributed by atoms with Crippen LogP contribution in [-0.2, 0) is 59.3 Å². The largest absolute Gasteiger partial charge is 0.451 e. The monoisotopic (exact) mass is 1200 g/mol. The van der Waals surface area contributed by atoms with Crippen molar-refractivity contribution < 1.29 is 125 Å². The fourth-order valence-corrected chi connectivity index (χ4v) is 30.2. The van der Waals surface area contributed by atoms with E-state index in [4.69, 9.17) is 100 Å². The second-order valence-corrected chi connectivity index (χ2v) is 33.7. The number of carbonyl (C=O) groups excluding carboxylic acids is 3. The van der Waals surface area contributed by atoms with E-state index in [1.807, 2.05) is 0 Å². The quantitative estimate of drug-likeness (QED) is 0.0298. The molecule has 4 atom stereocenters. The highest BCUT2D eigenvalue weighted by molar-refractivity contribution is 6.93. The molecular formula is C29H39Cl6F15O13Si4. The van der Waals surface area contributed by atoms with Gasteiger partial charge in [-0.15, -0.1) is 0 Å². The normalized spacial score (nSPS) is 23.7. The Kier molecular flexibility index (Phi) is 22.5. The van der Waals surface area contributed by atoms with Crippen molar-refractivity contribution in [1.29, 1.82) is 0 Å². The molecule has 67 heavy (non-hydrogen) atoms. The van der Waals surface area contributed by atoms with E-state index in [1.165, 1.54) is 32.7 Å². The van der Waals surface area contributed by atoms with Crippen LogP contribution in [0.15, 0.2) is 0 Å². The highest BCUT2D eigenvalue weighted by Gasteiger charge is 2.62. The number of carbonyl (C=O) groups is 3. The van der Waals surface area contributed by atoms with Gasteiger partial charge in [0, 0.05) is 19.3 Å². The molecule has 38 heteroatoms. The van der Waals surface area contributed by atoms with Crippen LogP contribution in [0.25, 0.3) is 0 Å². The number of alkyl halides is 21. The second-order valence-electron chi connectivity index (χ2n) is 15.0. The molecular weight excluding hydrogens is 1170 g/mol. The first kappa shape index (κ1) is 64.7. The molecule has 396 valence electrons. The maximum absolute atomic E-state index is 14.0. The Bertz CT molecular complexity index is 1640. The van der Waals surface area contributed by atoms with Gasteiger partial charge in [0.1, 0.15) is 19.8 Å². The molecule has 0 saturated carbocycles. The van der Waals surface area contributed by atoms with Crippen LogP contribution in [0.5, 0.6) is 0 Å². The molecule has 0 spiro atoms. The van der Waals surface area contributed by atoms with Crippen molar-refractivity contribution in [1.82, 2.24) is 0 Å². The summed E-state index contributed by atoms with van der Waals surface area (Å²) in [5.74, 6) is -20.5. The van der Waals surface area contributed by atoms with Crippen LogP contribution in [0.3, 0.4) is 0 Å². The Morgan fingerprint density at radius 1 is 0.433 bits per heavy atom. The van der Waals surface area contributed by atoms with E-state index in [9.17, 15) is 80.2 Å². The van der Waals surface area contributed by atoms with Gasteiger partial charge < -0.3 is 44.9 Å². The van der Waals surface area contributed by atoms with Crippen molar-refractivity contribution in [2.75, 3.05) is 39.8 Å². The molecule has 0 radical (unpaired) electrons. The molecule has 0 aromatic carbocycles. The number of esters is 3. The molecule has 0 N–H and O–H groups in total. The molecule has 1 saturated heterocycles. The summed E-state index contributed by atoms with van der Waals surface area (Å²) >= 11 is 36.9. The van der Waals surface area contributed by atoms with Crippen LogP contribution in [0.1, 0.15) is 19.3 Å². The zero-order valence-corrected chi connectivity index (χ0v) is 43.3. The van der Waals surface area contributed by atoms with E-state index in [-0.39, 0.29) is 0 Å². The van der Waals surface area contributed by atoms with Gasteiger partial charge >= 0.3 is 88.2 Å². The van der Waals surface area contributed by atoms with Gasteiger partial charge in [0.25, 0.3) is 13.6 Å². The molecule has 0 bridgehead atoms. The van der Waals surface area contributed by atoms with E-state index in [0.29, 0.717) is 0 Å². The van der Waals surface area contributed by atoms with E-state index < -0.39 is 179 Å². The summed E-state index contributed by atoms with van der Waals surface area (Å²) in [6.07, 6.45) is -20.5. The van der Waals surface area contributed by atoms with E-state index in [1.54, 1.807) is 0 Å². The molecule has 1 heterocycles. The third-order valence-corrected chi connectivity index (χ3v) is 27.2. The zero-order chi connectivity index (χ0) is 52.8. The predicted octanol–water partition coefficient (Wildman–Crippen LogP) is 10.8. The highest BCUT2D eigenvalue weighted by Crippen LogP contribution is 2.45. The number of hydrogen-bond donors (Lipinski definition) is 0. The third-order valence-electron chi connectivity index (χ3n) is 8.08. The minimum absolute atomic E-state index is 0.552. The Morgan fingerprint density at radius 3 is 0.970 bits per heavy atom. The van der Waals surface area contributed by atoms with E-state index in [0.717, 1.165) is 0 Å². The minimum atomic E-state index is -5.98. The van der Waals surface area contributed by atoms with Crippen LogP contribution in [0.4, 0.5) is 65.9 Å². The molecule has 1 aliphatic heterocycles. The van der Waals surface area contributed by atoms with E-state index in [2.05, 4.69) is 14.2 Å². The SMILES string of the molecule is C[Si]1(C)O[Si](C)(C)O[Si](CCC(Cl)(Cl)OC(=O)COC(F)(CF)C(F)(F)F)(CCC(Cl)(Cl)OC(=O)COC(F)(CF)C(F)(F)F)O[Si](C)(CCC(Cl)(Cl)OC(=O)COC(F)(CF)C(F)(F)F)O1. The molecule has 0 aliphatic carbocycles. The summed E-state index contributed by atoms with van der Waals surface area (Å²) in [5, 5.41) is 0. The molecule has 0 amide bonds. The van der Waals surface area contributed by atoms with E-state index >= 15 is 0 Å². The molecule has 1 fully saturated rings. The van der Waals surface area contributed by atoms with Gasteiger partial charge in [0.2, 0.25) is 0 Å². The van der Waals surface area contributed by atoms with Crippen LogP contribution in [-0.4, -0.2) is 142 Å². The zero-order valence-electron chi connectivity index (χ0n) is 34.7. The van der Waals surface area contributed by atoms with Crippen molar-refractivity contribution >= 4 is 122 Å². The standard InChI is InChI=1S/C29H39Cl6F15O13Si4/c1-64(2)60-65(3,4)62-67(10-7-25(32,33)58-19(52)13-55-22(40,16-37)28(45,46)47,11-8-26(34,35)59-20(53)14-56-23(41,17-38)29(48,49)50)63-66(5,61-64)9-6-24(30,31)57-18(51)12-54-21(39,15-36)27(42,43)44/h6-17H2,1-5H3. The van der Waals surface area contributed by atoms with Gasteiger partial charge in [-0.25, -0.2) is 27.6 Å². The lowest BCUT2D eigenvalue weighted by molar-refractivity contribution is -0.335. The fraction of sp³-hybridized carbons (Fsp3) is 0.897. The Morgan fingerprint density at radius 2 is 0.701 bits per heavy atom. The molecule has 0 aromatic heterocycles. The molecule has 0 aromatic rings. The minimum Gasteiger partial charge on any atom is -0.427 e. The third kappa shape index (κ3) is 20.6. The smallest absolute Gasteiger partial charge is 0.427 e. The lowest BCUT2D eigenvalue weighted by Gasteiger charge is -2.50. The average molecular weight is 1210 g/mol. The summed E-state index contributed by atoms with van der Waals surface area (Å²) in [5.41, 5.74) is 0. The summed E-state index contributed by atoms with van der Waals surface area (Å²) in [6.45, 7) is -7.06. The molecule has 1 aliphatic rings. The maximum atomic E-state index is 14.0. The first-order valence-corrected chi connectivity index (χ1v) is 30.8. The maximum Gasteiger partial charge on any atom is 0.451 e. The van der Waals surface area contributed by atoms with Crippen molar-refractivity contribution in [2.24, 2.45) is 0 Å². The van der Waals surface area contributed by atoms with Gasteiger partial charge in [-0.3, -0.25) is 0 Å². The lowest BCUT2D eigenvalue weighted by atomic mass is 10.3. The topological polar surface area (TPSA) is 144 Å². The van der Waals surface area contributed by atoms with Gasteiger partial charge in [-0.2, -0.15) is 52.7 Å². The fourth-order valence-electron chi connectivity index (χ4n) is 5.36. The Balaban J connectivity index is 3.65. The first-order valence-electron chi connectivity index (χ1n) is 18.1. The average Bonchev–Trinajstić information content (AvgIpc) is 3.12. The second kappa shape index (κ2) is 23.3. The first-order chi connectivity index (χ1) is 29.7. The van der Waals surface area contributed by atoms with Crippen LogP contribution < -0.4 is 0 Å². The Hall–Kier alpha value is -0.312. The summed E-state index contributed by atoms with van der Waals surface area (Å²) in [7, 11) is -15.9. The summed E-state index contributed by atoms with van der Waals surface area (Å²) < 4.78 is 240. The van der Waals surface area contributed by atoms with Crippen LogP contribution in [0.2, 0.25) is 50.9 Å². The van der Waals surface area contributed by atoms with Gasteiger partial charge in [-0.05, 0) is 50.9 Å². The van der Waals surface area contributed by atoms with Crippen molar-refractivity contribution in [3.8, 4) is 0 Å². The number of ether oxygens (including phenoxy) is 6. The predicted molar refractivity (Wildman–Crippen MR) is 212 cm³/mol. The van der Waals surface area contributed by atoms with Crippen LogP contribution >= 0.6 is 69.6 Å². The lowest BCUT2D eigenvalue weighted by Crippen LogP contribution is -2.67. The number of hydrogen-bond acceptors (Lipinski definition) is 13. The number of halogens is 21. The van der Waals surface area contributed by atoms with Crippen molar-refractivity contribution in [3.63, 3.8) is 0 Å². The van der Waals surface area contributed by atoms with Gasteiger partial charge in [0.15, 0.2) is 20.0 Å². The molecule has 1 rings (SSSR count). The number of rotatable bonds is 24.